The van der Waals surface area contributed by atoms with Crippen LogP contribution < -0.4 is 5.32 Å². The fraction of sp³-hybridized carbons (Fsp3) is 0.900. The van der Waals surface area contributed by atoms with Gasteiger partial charge in [0.05, 0.1) is 6.10 Å². The van der Waals surface area contributed by atoms with E-state index in [1.807, 2.05) is 34.6 Å². The Kier molecular flexibility index (Phi) is 5.53. The van der Waals surface area contributed by atoms with E-state index in [2.05, 4.69) is 5.32 Å². The summed E-state index contributed by atoms with van der Waals surface area (Å²) in [5.41, 5.74) is -0.446. The second-order valence-electron chi connectivity index (χ2n) is 4.15. The molecule has 14 heavy (non-hydrogen) atoms. The van der Waals surface area contributed by atoms with E-state index in [0.29, 0.717) is 13.2 Å². The quantitative estimate of drug-likeness (QED) is 0.759. The fourth-order valence-corrected chi connectivity index (χ4v) is 0.885. The highest BCUT2D eigenvalue weighted by Crippen LogP contribution is 2.06. The Morgan fingerprint density at radius 3 is 2.43 bits per heavy atom. The molecule has 0 aromatic rings. The van der Waals surface area contributed by atoms with Gasteiger partial charge in [0.25, 0.3) is 0 Å². The van der Waals surface area contributed by atoms with Crippen LogP contribution in [0.4, 0.5) is 4.79 Å². The summed E-state index contributed by atoms with van der Waals surface area (Å²) in [6, 6.07) is 0. The highest BCUT2D eigenvalue weighted by atomic mass is 16.6. The molecule has 1 atom stereocenters. The van der Waals surface area contributed by atoms with Crippen molar-refractivity contribution in [3.63, 3.8) is 0 Å². The van der Waals surface area contributed by atoms with Crippen molar-refractivity contribution >= 4 is 6.09 Å². The Balaban J connectivity index is 3.64. The summed E-state index contributed by atoms with van der Waals surface area (Å²) in [5, 5.41) is 2.64. The normalized spacial score (nSPS) is 13.5. The molecule has 1 N–H and O–H groups in total. The number of carbonyl (C=O) groups is 1. The standard InChI is InChI=1S/C10H21NO3/c1-6-13-8(2)7-11-9(12)14-10(3,4)5/h8H,6-7H2,1-5H3,(H,11,12)/t8-/m0/s1. The molecule has 0 bridgehead atoms. The van der Waals surface area contributed by atoms with E-state index in [4.69, 9.17) is 9.47 Å². The van der Waals surface area contributed by atoms with Crippen molar-refractivity contribution in [1.82, 2.24) is 5.32 Å². The highest BCUT2D eigenvalue weighted by molar-refractivity contribution is 5.67. The summed E-state index contributed by atoms with van der Waals surface area (Å²) in [6.07, 6.45) is -0.378. The molecule has 0 saturated carbocycles. The van der Waals surface area contributed by atoms with Gasteiger partial charge in [0.1, 0.15) is 5.60 Å². The molecule has 0 aliphatic heterocycles. The second kappa shape index (κ2) is 5.86. The number of alkyl carbamates (subject to hydrolysis) is 1. The molecule has 0 fully saturated rings. The minimum absolute atomic E-state index is 0.0209. The van der Waals surface area contributed by atoms with Crippen LogP contribution in [0.25, 0.3) is 0 Å². The van der Waals surface area contributed by atoms with Crippen LogP contribution in [0, 0.1) is 0 Å². The lowest BCUT2D eigenvalue weighted by Gasteiger charge is -2.20. The van der Waals surface area contributed by atoms with Crippen molar-refractivity contribution in [3.05, 3.63) is 0 Å². The first-order valence-corrected chi connectivity index (χ1v) is 4.93. The number of hydrogen-bond donors (Lipinski definition) is 1. The molecule has 0 aliphatic rings. The Hall–Kier alpha value is -0.770. The number of rotatable bonds is 4. The van der Waals surface area contributed by atoms with Gasteiger partial charge >= 0.3 is 6.09 Å². The summed E-state index contributed by atoms with van der Waals surface area (Å²) < 4.78 is 10.3. The molecule has 1 amide bonds. The SMILES string of the molecule is CCO[C@@H](C)CNC(=O)OC(C)(C)C. The Morgan fingerprint density at radius 1 is 1.43 bits per heavy atom. The molecule has 0 aromatic carbocycles. The average Bonchev–Trinajstić information content (AvgIpc) is 1.98. The van der Waals surface area contributed by atoms with E-state index in [9.17, 15) is 4.79 Å². The Labute approximate surface area is 86.0 Å². The summed E-state index contributed by atoms with van der Waals surface area (Å²) in [4.78, 5) is 11.2. The van der Waals surface area contributed by atoms with Gasteiger partial charge in [-0.3, -0.25) is 0 Å². The summed E-state index contributed by atoms with van der Waals surface area (Å²) >= 11 is 0. The molecule has 0 aromatic heterocycles. The Bertz CT molecular complexity index is 175. The van der Waals surface area contributed by atoms with Gasteiger partial charge < -0.3 is 14.8 Å². The first-order valence-electron chi connectivity index (χ1n) is 4.93. The largest absolute Gasteiger partial charge is 0.444 e. The molecular formula is C10H21NO3. The predicted molar refractivity (Wildman–Crippen MR) is 55.3 cm³/mol. The van der Waals surface area contributed by atoms with Crippen molar-refractivity contribution in [1.29, 1.82) is 0 Å². The maximum atomic E-state index is 11.2. The number of ether oxygens (including phenoxy) is 2. The molecule has 84 valence electrons. The third-order valence-corrected chi connectivity index (χ3v) is 1.38. The monoisotopic (exact) mass is 203 g/mol. The summed E-state index contributed by atoms with van der Waals surface area (Å²) in [7, 11) is 0. The minimum atomic E-state index is -0.446. The molecule has 0 rings (SSSR count). The van der Waals surface area contributed by atoms with Gasteiger partial charge in [-0.05, 0) is 34.6 Å². The Morgan fingerprint density at radius 2 is 2.00 bits per heavy atom. The van der Waals surface area contributed by atoms with Crippen molar-refractivity contribution < 1.29 is 14.3 Å². The van der Waals surface area contributed by atoms with E-state index < -0.39 is 11.7 Å². The van der Waals surface area contributed by atoms with Gasteiger partial charge in [0.2, 0.25) is 0 Å². The van der Waals surface area contributed by atoms with E-state index in [-0.39, 0.29) is 6.10 Å². The lowest BCUT2D eigenvalue weighted by atomic mass is 10.2. The maximum Gasteiger partial charge on any atom is 0.407 e. The van der Waals surface area contributed by atoms with E-state index in [1.165, 1.54) is 0 Å². The zero-order chi connectivity index (χ0) is 11.2. The molecule has 0 saturated heterocycles. The molecule has 0 unspecified atom stereocenters. The molecule has 0 radical (unpaired) electrons. The fourth-order valence-electron chi connectivity index (χ4n) is 0.885. The number of hydrogen-bond acceptors (Lipinski definition) is 3. The number of nitrogens with one attached hydrogen (secondary N) is 1. The third-order valence-electron chi connectivity index (χ3n) is 1.38. The van der Waals surface area contributed by atoms with Gasteiger partial charge in [-0.25, -0.2) is 4.79 Å². The van der Waals surface area contributed by atoms with Crippen molar-refractivity contribution in [2.75, 3.05) is 13.2 Å². The van der Waals surface area contributed by atoms with Crippen LogP contribution in [-0.2, 0) is 9.47 Å². The van der Waals surface area contributed by atoms with E-state index in [1.54, 1.807) is 0 Å². The van der Waals surface area contributed by atoms with Gasteiger partial charge in [-0.15, -0.1) is 0 Å². The van der Waals surface area contributed by atoms with Crippen LogP contribution in [0.5, 0.6) is 0 Å². The lowest BCUT2D eigenvalue weighted by Crippen LogP contribution is -2.36. The maximum absolute atomic E-state index is 11.2. The molecule has 0 spiro atoms. The van der Waals surface area contributed by atoms with Crippen LogP contribution in [-0.4, -0.2) is 30.9 Å². The number of amides is 1. The van der Waals surface area contributed by atoms with Gasteiger partial charge in [0, 0.05) is 13.2 Å². The van der Waals surface area contributed by atoms with E-state index in [0.717, 1.165) is 0 Å². The van der Waals surface area contributed by atoms with Crippen LogP contribution in [0.15, 0.2) is 0 Å². The van der Waals surface area contributed by atoms with Crippen LogP contribution >= 0.6 is 0 Å². The van der Waals surface area contributed by atoms with Gasteiger partial charge in [-0.1, -0.05) is 0 Å². The van der Waals surface area contributed by atoms with Gasteiger partial charge in [0.15, 0.2) is 0 Å². The summed E-state index contributed by atoms with van der Waals surface area (Å²) in [6.45, 7) is 10.4. The van der Waals surface area contributed by atoms with Crippen LogP contribution in [0.1, 0.15) is 34.6 Å². The third kappa shape index (κ3) is 7.86. The van der Waals surface area contributed by atoms with Crippen molar-refractivity contribution in [2.24, 2.45) is 0 Å². The highest BCUT2D eigenvalue weighted by Gasteiger charge is 2.16. The molecule has 4 heteroatoms. The topological polar surface area (TPSA) is 47.6 Å². The first kappa shape index (κ1) is 13.2. The first-order chi connectivity index (χ1) is 6.35. The molecule has 0 aliphatic carbocycles. The van der Waals surface area contributed by atoms with Crippen LogP contribution in [0.3, 0.4) is 0 Å². The average molecular weight is 203 g/mol. The smallest absolute Gasteiger partial charge is 0.407 e. The molecule has 4 nitrogen and oxygen atoms in total. The predicted octanol–water partition coefficient (Wildman–Crippen LogP) is 1.94. The minimum Gasteiger partial charge on any atom is -0.444 e. The number of carbonyl (C=O) groups excluding carboxylic acids is 1. The molecular weight excluding hydrogens is 182 g/mol. The van der Waals surface area contributed by atoms with Crippen molar-refractivity contribution in [2.45, 2.75) is 46.3 Å². The summed E-state index contributed by atoms with van der Waals surface area (Å²) in [5.74, 6) is 0. The van der Waals surface area contributed by atoms with Gasteiger partial charge in [-0.2, -0.15) is 0 Å². The van der Waals surface area contributed by atoms with Crippen molar-refractivity contribution in [3.8, 4) is 0 Å². The van der Waals surface area contributed by atoms with E-state index >= 15 is 0 Å². The van der Waals surface area contributed by atoms with Crippen LogP contribution in [0.2, 0.25) is 0 Å². The molecule has 0 heterocycles. The zero-order valence-electron chi connectivity index (χ0n) is 9.72. The zero-order valence-corrected chi connectivity index (χ0v) is 9.72. The lowest BCUT2D eigenvalue weighted by molar-refractivity contribution is 0.0422. The second-order valence-corrected chi connectivity index (χ2v) is 4.15.